The van der Waals surface area contributed by atoms with Gasteiger partial charge in [0.05, 0.1) is 23.4 Å². The molecule has 1 N–H and O–H groups in total. The predicted octanol–water partition coefficient (Wildman–Crippen LogP) is 8.63. The predicted molar refractivity (Wildman–Crippen MR) is 155 cm³/mol. The number of nitrogens with zero attached hydrogens (tertiary/aromatic N) is 3. The average Bonchev–Trinajstić information content (AvgIpc) is 3.29. The Morgan fingerprint density at radius 2 is 1.85 bits per heavy atom. The number of nitriles is 1. The molecule has 1 unspecified atom stereocenters. The lowest BCUT2D eigenvalue weighted by molar-refractivity contribution is 0.402. The first-order valence-corrected chi connectivity index (χ1v) is 14.3. The fourth-order valence-corrected chi connectivity index (χ4v) is 4.18. The highest BCUT2D eigenvalue weighted by Gasteiger charge is 2.12. The van der Waals surface area contributed by atoms with Crippen LogP contribution in [-0.4, -0.2) is 29.7 Å². The van der Waals surface area contributed by atoms with E-state index in [-0.39, 0.29) is 6.04 Å². The maximum Gasteiger partial charge on any atom is 0.122 e. The first-order chi connectivity index (χ1) is 16.5. The number of allylic oxidation sites excluding steroid dienone is 4. The van der Waals surface area contributed by atoms with Crippen LogP contribution in [-0.2, 0) is 0 Å². The third-order valence-electron chi connectivity index (χ3n) is 5.60. The van der Waals surface area contributed by atoms with Crippen molar-refractivity contribution in [3.05, 3.63) is 35.6 Å². The van der Waals surface area contributed by atoms with Gasteiger partial charge in [-0.15, -0.1) is 0 Å². The van der Waals surface area contributed by atoms with Gasteiger partial charge < -0.3 is 5.32 Å². The van der Waals surface area contributed by atoms with Crippen LogP contribution in [0.25, 0.3) is 0 Å². The molecule has 1 saturated heterocycles. The fraction of sp³-hybridized carbons (Fsp3) is 0.690. The number of hydrogen-bond acceptors (Lipinski definition) is 5. The Morgan fingerprint density at radius 3 is 2.32 bits per heavy atom. The van der Waals surface area contributed by atoms with E-state index in [1.54, 1.807) is 11.8 Å². The van der Waals surface area contributed by atoms with Gasteiger partial charge in [-0.25, -0.2) is 4.99 Å². The Kier molecular flexibility index (Phi) is 22.0. The molecule has 2 aliphatic rings. The summed E-state index contributed by atoms with van der Waals surface area (Å²) in [6.45, 7) is 15.4. The van der Waals surface area contributed by atoms with Crippen molar-refractivity contribution in [1.82, 2.24) is 5.32 Å². The van der Waals surface area contributed by atoms with Crippen LogP contribution in [0.4, 0.5) is 0 Å². The topological polar surface area (TPSA) is 60.5 Å². The van der Waals surface area contributed by atoms with Crippen LogP contribution in [0.2, 0.25) is 0 Å². The Balaban J connectivity index is 0.000000592. The Hall–Kier alpha value is -1.64. The lowest BCUT2D eigenvalue weighted by Gasteiger charge is -2.17. The van der Waals surface area contributed by atoms with Crippen molar-refractivity contribution in [2.75, 3.05) is 13.1 Å². The number of piperidine rings is 1. The number of rotatable bonds is 10. The zero-order valence-electron chi connectivity index (χ0n) is 22.8. The van der Waals surface area contributed by atoms with Crippen LogP contribution in [0.15, 0.2) is 45.6 Å². The number of aliphatic imine (C=N–C) groups is 2. The molecule has 0 saturated carbocycles. The van der Waals surface area contributed by atoms with Gasteiger partial charge >= 0.3 is 0 Å². The molecule has 0 amide bonds. The van der Waals surface area contributed by atoms with Gasteiger partial charge in [0.25, 0.3) is 0 Å². The molecule has 2 rings (SSSR count). The molecule has 2 aliphatic heterocycles. The van der Waals surface area contributed by atoms with E-state index in [1.807, 2.05) is 43.7 Å². The maximum absolute atomic E-state index is 8.89. The van der Waals surface area contributed by atoms with Crippen molar-refractivity contribution in [3.63, 3.8) is 0 Å². The average molecular weight is 487 g/mol. The normalized spacial score (nSPS) is 19.5. The molecular formula is C29H50N4S. The van der Waals surface area contributed by atoms with Crippen LogP contribution >= 0.6 is 11.8 Å². The van der Waals surface area contributed by atoms with E-state index in [0.717, 1.165) is 35.1 Å². The van der Waals surface area contributed by atoms with Crippen LogP contribution in [0.1, 0.15) is 106 Å². The van der Waals surface area contributed by atoms with Gasteiger partial charge in [-0.2, -0.15) is 5.26 Å². The number of nitrogens with one attached hydrogen (secondary N) is 1. The van der Waals surface area contributed by atoms with E-state index in [9.17, 15) is 0 Å². The fourth-order valence-electron chi connectivity index (χ4n) is 3.38. The van der Waals surface area contributed by atoms with E-state index in [2.05, 4.69) is 49.1 Å². The molecule has 0 radical (unpaired) electrons. The molecule has 0 aliphatic carbocycles. The number of unbranched alkanes of at least 4 members (excludes halogenated alkanes) is 5. The number of thioether (sulfide) groups is 1. The second kappa shape index (κ2) is 23.1. The van der Waals surface area contributed by atoms with E-state index >= 15 is 0 Å². The van der Waals surface area contributed by atoms with Gasteiger partial charge in [-0.05, 0) is 64.6 Å². The summed E-state index contributed by atoms with van der Waals surface area (Å²) in [6.07, 6.45) is 20.7. The third kappa shape index (κ3) is 17.8. The van der Waals surface area contributed by atoms with Gasteiger partial charge in [0.15, 0.2) is 0 Å². The summed E-state index contributed by atoms with van der Waals surface area (Å²) in [5.41, 5.74) is 3.48. The molecule has 5 heteroatoms. The van der Waals surface area contributed by atoms with Crippen molar-refractivity contribution in [2.24, 2.45) is 15.9 Å². The van der Waals surface area contributed by atoms with Crippen molar-refractivity contribution < 1.29 is 0 Å². The first kappa shape index (κ1) is 32.4. The van der Waals surface area contributed by atoms with Crippen LogP contribution in [0.5, 0.6) is 0 Å². The third-order valence-corrected chi connectivity index (χ3v) is 6.35. The first-order valence-electron chi connectivity index (χ1n) is 13.4. The van der Waals surface area contributed by atoms with Crippen molar-refractivity contribution >= 4 is 22.4 Å². The molecule has 0 aromatic rings. The number of hydrogen-bond donors (Lipinski definition) is 1. The quantitative estimate of drug-likeness (QED) is 0.191. The minimum absolute atomic E-state index is 0.192. The van der Waals surface area contributed by atoms with E-state index < -0.39 is 0 Å². The Bertz CT molecular complexity index is 685. The van der Waals surface area contributed by atoms with Gasteiger partial charge in [-0.1, -0.05) is 96.2 Å². The minimum Gasteiger partial charge on any atom is -0.317 e. The summed E-state index contributed by atoms with van der Waals surface area (Å²) in [5, 5.41) is 13.2. The van der Waals surface area contributed by atoms with Gasteiger partial charge in [0.2, 0.25) is 0 Å². The molecule has 1 fully saturated rings. The monoisotopic (exact) mass is 486 g/mol. The molecule has 0 aromatic heterocycles. The molecular weight excluding hydrogens is 436 g/mol. The largest absolute Gasteiger partial charge is 0.317 e. The summed E-state index contributed by atoms with van der Waals surface area (Å²) in [6, 6.07) is 2.36. The standard InChI is InChI=1S/C15H19N3S.C8H18.C6H13N/c1-4-7-13(10-16)9-6-8-12(3)18-15-14(5-2)17-11-19-15;1-3-5-7-8-6-4-2;1-6-2-4-7-5-3-6/h5-7,9,11-12H,4,8H2,1-3H3;3-8H2,1-2H3;6-7H,2-5H2,1H3/b9-6-,13-7+,14-5+,18-15?;;. The van der Waals surface area contributed by atoms with Crippen molar-refractivity contribution in [3.8, 4) is 6.07 Å². The van der Waals surface area contributed by atoms with Gasteiger partial charge in [0.1, 0.15) is 5.04 Å². The summed E-state index contributed by atoms with van der Waals surface area (Å²) in [7, 11) is 0. The molecule has 1 atom stereocenters. The molecule has 0 aromatic carbocycles. The zero-order chi connectivity index (χ0) is 25.4. The summed E-state index contributed by atoms with van der Waals surface area (Å²) >= 11 is 1.56. The molecule has 4 nitrogen and oxygen atoms in total. The second-order valence-corrected chi connectivity index (χ2v) is 9.81. The van der Waals surface area contributed by atoms with E-state index in [4.69, 9.17) is 5.26 Å². The highest BCUT2D eigenvalue weighted by molar-refractivity contribution is 8.26. The SMILES string of the molecule is C/C=C1/N=CSC1=NC(C)C/C=C\C(C#N)=C/CC.CC1CCNCC1.CCCCCCCC. The molecule has 192 valence electrons. The van der Waals surface area contributed by atoms with Crippen LogP contribution in [0.3, 0.4) is 0 Å². The smallest absolute Gasteiger partial charge is 0.122 e. The lowest BCUT2D eigenvalue weighted by atomic mass is 10.0. The highest BCUT2D eigenvalue weighted by Crippen LogP contribution is 2.20. The zero-order valence-corrected chi connectivity index (χ0v) is 23.6. The summed E-state index contributed by atoms with van der Waals surface area (Å²) < 4.78 is 0. The van der Waals surface area contributed by atoms with Gasteiger partial charge in [-0.3, -0.25) is 4.99 Å². The van der Waals surface area contributed by atoms with Gasteiger partial charge in [0, 0.05) is 5.57 Å². The Morgan fingerprint density at radius 1 is 1.21 bits per heavy atom. The van der Waals surface area contributed by atoms with Crippen molar-refractivity contribution in [2.45, 2.75) is 112 Å². The highest BCUT2D eigenvalue weighted by atomic mass is 32.2. The second-order valence-electron chi connectivity index (χ2n) is 8.97. The lowest BCUT2D eigenvalue weighted by Crippen LogP contribution is -2.26. The Labute approximate surface area is 215 Å². The minimum atomic E-state index is 0.192. The maximum atomic E-state index is 8.89. The molecule has 34 heavy (non-hydrogen) atoms. The summed E-state index contributed by atoms with van der Waals surface area (Å²) in [4.78, 5) is 8.86. The van der Waals surface area contributed by atoms with Crippen LogP contribution in [0, 0.1) is 17.2 Å². The van der Waals surface area contributed by atoms with E-state index in [1.165, 1.54) is 64.5 Å². The van der Waals surface area contributed by atoms with Crippen molar-refractivity contribution in [1.29, 1.82) is 5.26 Å². The molecule has 0 bridgehead atoms. The summed E-state index contributed by atoms with van der Waals surface area (Å²) in [5.74, 6) is 0.973. The van der Waals surface area contributed by atoms with Crippen LogP contribution < -0.4 is 5.32 Å². The molecule has 0 spiro atoms. The van der Waals surface area contributed by atoms with E-state index in [0.29, 0.717) is 0 Å². The molecule has 2 heterocycles.